The molecule has 13 nitrogen and oxygen atoms in total. The summed E-state index contributed by atoms with van der Waals surface area (Å²) in [6, 6.07) is 6.53. The van der Waals surface area contributed by atoms with Gasteiger partial charge < -0.3 is 16.2 Å². The lowest BCUT2D eigenvalue weighted by atomic mass is 10.0. The summed E-state index contributed by atoms with van der Waals surface area (Å²) in [5.41, 5.74) is 4.22. The largest absolute Gasteiger partial charge is 0.387 e. The van der Waals surface area contributed by atoms with Crippen LogP contribution in [0.4, 0.5) is 17.1 Å². The molecule has 13 heteroatoms. The maximum absolute atomic E-state index is 12.2. The van der Waals surface area contributed by atoms with Crippen LogP contribution in [-0.2, 0) is 0 Å². The third-order valence-electron chi connectivity index (χ3n) is 3.98. The average Bonchev–Trinajstić information content (AvgIpc) is 2.70. The molecule has 0 saturated carbocycles. The van der Waals surface area contributed by atoms with E-state index in [1.807, 2.05) is 0 Å². The van der Waals surface area contributed by atoms with Gasteiger partial charge in [0.05, 0.1) is 33.0 Å². The number of nitro groups is 3. The van der Waals surface area contributed by atoms with Gasteiger partial charge in [0.2, 0.25) is 0 Å². The first kappa shape index (κ1) is 21.3. The normalized spacial score (nSPS) is 12.6. The van der Waals surface area contributed by atoms with E-state index in [0.29, 0.717) is 6.07 Å². The van der Waals surface area contributed by atoms with Crippen molar-refractivity contribution in [3.8, 4) is 0 Å². The molecule has 2 atom stereocenters. The Kier molecular flexibility index (Phi) is 6.48. The molecule has 2 aromatic carbocycles. The monoisotopic (exact) mass is 405 g/mol. The molecular weight excluding hydrogens is 390 g/mol. The van der Waals surface area contributed by atoms with Gasteiger partial charge >= 0.3 is 0 Å². The maximum atomic E-state index is 12.2. The summed E-state index contributed by atoms with van der Waals surface area (Å²) >= 11 is 0. The van der Waals surface area contributed by atoms with Gasteiger partial charge in [-0.15, -0.1) is 0 Å². The van der Waals surface area contributed by atoms with E-state index in [1.165, 1.54) is 24.3 Å². The summed E-state index contributed by atoms with van der Waals surface area (Å²) in [5.74, 6) is -0.905. The zero-order chi connectivity index (χ0) is 21.7. The molecule has 1 amide bonds. The second-order valence-corrected chi connectivity index (χ2v) is 5.88. The molecule has 0 heterocycles. The number of hydrogen-bond acceptors (Lipinski definition) is 9. The van der Waals surface area contributed by atoms with Crippen molar-refractivity contribution >= 4 is 23.0 Å². The predicted octanol–water partition coefficient (Wildman–Crippen LogP) is 1.20. The highest BCUT2D eigenvalue weighted by atomic mass is 16.6. The molecule has 0 bridgehead atoms. The van der Waals surface area contributed by atoms with Gasteiger partial charge in [0.1, 0.15) is 5.56 Å². The minimum atomic E-state index is -1.28. The summed E-state index contributed by atoms with van der Waals surface area (Å²) in [7, 11) is 0. The molecule has 152 valence electrons. The first-order valence-corrected chi connectivity index (χ1v) is 8.01. The second kappa shape index (κ2) is 8.81. The topological polar surface area (TPSA) is 205 Å². The van der Waals surface area contributed by atoms with Crippen LogP contribution >= 0.6 is 0 Å². The summed E-state index contributed by atoms with van der Waals surface area (Å²) in [6.45, 7) is -0.287. The number of hydrogen-bond donors (Lipinski definition) is 3. The minimum absolute atomic E-state index is 0.173. The SMILES string of the molecule is N[C@@H](CNC(=O)c1ccc([N+](=O)[O-])cc1[N+](=O)[O-])[C@@H](O)c1ccc([N+](=O)[O-])cc1. The Bertz CT molecular complexity index is 962. The number of aliphatic hydroxyl groups excluding tert-OH is 1. The van der Waals surface area contributed by atoms with Gasteiger partial charge in [0.25, 0.3) is 23.0 Å². The van der Waals surface area contributed by atoms with E-state index in [4.69, 9.17) is 5.73 Å². The van der Waals surface area contributed by atoms with Crippen LogP contribution in [0.15, 0.2) is 42.5 Å². The van der Waals surface area contributed by atoms with Crippen LogP contribution < -0.4 is 11.1 Å². The van der Waals surface area contributed by atoms with E-state index in [1.54, 1.807) is 0 Å². The smallest absolute Gasteiger partial charge is 0.289 e. The molecule has 0 aliphatic heterocycles. The predicted molar refractivity (Wildman–Crippen MR) is 98.1 cm³/mol. The summed E-state index contributed by atoms with van der Waals surface area (Å²) in [6.07, 6.45) is -1.28. The Morgan fingerprint density at radius 3 is 2.03 bits per heavy atom. The standard InChI is InChI=1S/C16H15N5O8/c17-13(15(22)9-1-3-10(4-2-9)19(24)25)8-18-16(23)12-6-5-11(20(26)27)7-14(12)21(28)29/h1-7,13,15,22H,8,17H2,(H,18,23)/t13-,15-/m0/s1. The lowest BCUT2D eigenvalue weighted by Gasteiger charge is -2.19. The third-order valence-corrected chi connectivity index (χ3v) is 3.98. The molecule has 4 N–H and O–H groups in total. The number of aliphatic hydroxyl groups is 1. The molecular formula is C16H15N5O8. The Morgan fingerprint density at radius 2 is 1.52 bits per heavy atom. The maximum Gasteiger partial charge on any atom is 0.289 e. The van der Waals surface area contributed by atoms with E-state index >= 15 is 0 Å². The van der Waals surface area contributed by atoms with Gasteiger partial charge in [-0.3, -0.25) is 35.1 Å². The number of nitrogens with one attached hydrogen (secondary N) is 1. The quantitative estimate of drug-likeness (QED) is 0.425. The highest BCUT2D eigenvalue weighted by molar-refractivity contribution is 5.98. The second-order valence-electron chi connectivity index (χ2n) is 5.88. The van der Waals surface area contributed by atoms with Crippen molar-refractivity contribution in [2.45, 2.75) is 12.1 Å². The van der Waals surface area contributed by atoms with Crippen molar-refractivity contribution in [2.24, 2.45) is 5.73 Å². The number of nitrogens with two attached hydrogens (primary N) is 1. The summed E-state index contributed by atoms with van der Waals surface area (Å²) in [5, 5.41) is 45.0. The summed E-state index contributed by atoms with van der Waals surface area (Å²) < 4.78 is 0. The molecule has 0 unspecified atom stereocenters. The first-order chi connectivity index (χ1) is 13.6. The first-order valence-electron chi connectivity index (χ1n) is 8.01. The van der Waals surface area contributed by atoms with Crippen LogP contribution in [-0.4, -0.2) is 38.4 Å². The highest BCUT2D eigenvalue weighted by Gasteiger charge is 2.25. The zero-order valence-electron chi connectivity index (χ0n) is 14.6. The van der Waals surface area contributed by atoms with E-state index in [0.717, 1.165) is 12.1 Å². The number of rotatable bonds is 8. The molecule has 0 spiro atoms. The molecule has 2 aromatic rings. The van der Waals surface area contributed by atoms with Gasteiger partial charge in [-0.05, 0) is 23.8 Å². The lowest BCUT2D eigenvalue weighted by molar-refractivity contribution is -0.394. The van der Waals surface area contributed by atoms with Crippen molar-refractivity contribution in [2.75, 3.05) is 6.54 Å². The van der Waals surface area contributed by atoms with Crippen LogP contribution in [0.2, 0.25) is 0 Å². The Labute approximate surface area is 162 Å². The fourth-order valence-electron chi connectivity index (χ4n) is 2.43. The minimum Gasteiger partial charge on any atom is -0.387 e. The van der Waals surface area contributed by atoms with E-state index in [2.05, 4.69) is 5.32 Å². The van der Waals surface area contributed by atoms with Gasteiger partial charge in [0, 0.05) is 24.7 Å². The van der Waals surface area contributed by atoms with Gasteiger partial charge in [-0.2, -0.15) is 0 Å². The fourth-order valence-corrected chi connectivity index (χ4v) is 2.43. The lowest BCUT2D eigenvalue weighted by Crippen LogP contribution is -2.41. The van der Waals surface area contributed by atoms with E-state index in [-0.39, 0.29) is 17.8 Å². The molecule has 29 heavy (non-hydrogen) atoms. The molecule has 0 fully saturated rings. The molecule has 2 rings (SSSR count). The Balaban J connectivity index is 2.08. The number of amides is 1. The number of non-ortho nitro benzene ring substituents is 2. The van der Waals surface area contributed by atoms with Crippen molar-refractivity contribution in [1.29, 1.82) is 0 Å². The number of carbonyl (C=O) groups is 1. The Hall–Kier alpha value is -3.97. The average molecular weight is 405 g/mol. The van der Waals surface area contributed by atoms with Crippen LogP contribution in [0.5, 0.6) is 0 Å². The van der Waals surface area contributed by atoms with E-state index in [9.17, 15) is 40.2 Å². The van der Waals surface area contributed by atoms with Gasteiger partial charge in [-0.1, -0.05) is 0 Å². The zero-order valence-corrected chi connectivity index (χ0v) is 14.6. The molecule has 0 radical (unpaired) electrons. The van der Waals surface area contributed by atoms with E-state index < -0.39 is 49.8 Å². The molecule has 0 aromatic heterocycles. The van der Waals surface area contributed by atoms with Crippen molar-refractivity contribution in [3.05, 3.63) is 83.9 Å². The highest BCUT2D eigenvalue weighted by Crippen LogP contribution is 2.25. The van der Waals surface area contributed by atoms with Crippen LogP contribution in [0.25, 0.3) is 0 Å². The van der Waals surface area contributed by atoms with Gasteiger partial charge in [-0.25, -0.2) is 0 Å². The van der Waals surface area contributed by atoms with Crippen LogP contribution in [0.1, 0.15) is 22.0 Å². The number of nitrogens with zero attached hydrogens (tertiary/aromatic N) is 3. The van der Waals surface area contributed by atoms with Gasteiger partial charge in [0.15, 0.2) is 0 Å². The van der Waals surface area contributed by atoms with Crippen molar-refractivity contribution in [1.82, 2.24) is 5.32 Å². The van der Waals surface area contributed by atoms with Crippen molar-refractivity contribution in [3.63, 3.8) is 0 Å². The van der Waals surface area contributed by atoms with Crippen LogP contribution in [0, 0.1) is 30.3 Å². The fraction of sp³-hybridized carbons (Fsp3) is 0.188. The molecule has 0 saturated heterocycles. The van der Waals surface area contributed by atoms with Crippen LogP contribution in [0.3, 0.4) is 0 Å². The number of benzene rings is 2. The number of carbonyl (C=O) groups excluding carboxylic acids is 1. The third kappa shape index (κ3) is 5.06. The number of nitro benzene ring substituents is 3. The Morgan fingerprint density at radius 1 is 0.966 bits per heavy atom. The molecule has 0 aliphatic rings. The summed E-state index contributed by atoms with van der Waals surface area (Å²) in [4.78, 5) is 42.4. The van der Waals surface area contributed by atoms with Crippen molar-refractivity contribution < 1.29 is 24.7 Å². The molecule has 0 aliphatic carbocycles.